The Hall–Kier alpha value is -0.450. The van der Waals surface area contributed by atoms with E-state index in [0.717, 1.165) is 24.0 Å². The van der Waals surface area contributed by atoms with Gasteiger partial charge in [0, 0.05) is 39.9 Å². The van der Waals surface area contributed by atoms with Gasteiger partial charge in [-0.15, -0.1) is 0 Å². The highest BCUT2D eigenvalue weighted by molar-refractivity contribution is 9.10. The van der Waals surface area contributed by atoms with E-state index in [1.165, 1.54) is 16.5 Å². The summed E-state index contributed by atoms with van der Waals surface area (Å²) in [5, 5.41) is 2.00. The van der Waals surface area contributed by atoms with Gasteiger partial charge in [0.2, 0.25) is 0 Å². The molecular formula is C18H27BrN2S. The van der Waals surface area contributed by atoms with Crippen LogP contribution in [0.3, 0.4) is 0 Å². The first kappa shape index (κ1) is 17.9. The van der Waals surface area contributed by atoms with Gasteiger partial charge in [-0.25, -0.2) is 0 Å². The number of benzene rings is 1. The fourth-order valence-electron chi connectivity index (χ4n) is 2.63. The molecule has 22 heavy (non-hydrogen) atoms. The van der Waals surface area contributed by atoms with Gasteiger partial charge in [0.15, 0.2) is 0 Å². The first-order chi connectivity index (χ1) is 10.3. The molecule has 0 aliphatic rings. The second-order valence-corrected chi connectivity index (χ2v) is 9.69. The summed E-state index contributed by atoms with van der Waals surface area (Å²) in [6, 6.07) is 6.61. The third-order valence-electron chi connectivity index (χ3n) is 3.42. The number of aromatic nitrogens is 1. The normalized spacial score (nSPS) is 12.5. The number of rotatable bonds is 6. The van der Waals surface area contributed by atoms with Gasteiger partial charge in [0.25, 0.3) is 0 Å². The third kappa shape index (κ3) is 5.04. The molecule has 2 nitrogen and oxygen atoms in total. The van der Waals surface area contributed by atoms with Crippen LogP contribution in [-0.4, -0.2) is 16.4 Å². The zero-order valence-electron chi connectivity index (χ0n) is 14.2. The lowest BCUT2D eigenvalue weighted by Gasteiger charge is -2.17. The number of hydrogen-bond donors (Lipinski definition) is 1. The molecule has 0 saturated carbocycles. The number of nitrogens with one attached hydrogen (secondary N) is 1. The molecule has 0 saturated heterocycles. The van der Waals surface area contributed by atoms with Gasteiger partial charge in [-0.05, 0) is 35.6 Å². The zero-order chi connectivity index (χ0) is 16.3. The number of fused-ring (bicyclic) bond motifs is 1. The Bertz CT molecular complexity index is 626. The van der Waals surface area contributed by atoms with Crippen molar-refractivity contribution in [3.63, 3.8) is 0 Å². The summed E-state index contributed by atoms with van der Waals surface area (Å²) in [5.74, 6) is 0. The van der Waals surface area contributed by atoms with Crippen molar-refractivity contribution < 1.29 is 0 Å². The van der Waals surface area contributed by atoms with E-state index >= 15 is 0 Å². The average Bonchev–Trinajstić information content (AvgIpc) is 2.70. The second kappa shape index (κ2) is 7.41. The molecule has 0 unspecified atom stereocenters. The van der Waals surface area contributed by atoms with Gasteiger partial charge < -0.3 is 4.57 Å². The van der Waals surface area contributed by atoms with Gasteiger partial charge in [0.1, 0.15) is 0 Å². The van der Waals surface area contributed by atoms with E-state index in [4.69, 9.17) is 0 Å². The molecule has 1 aromatic carbocycles. The van der Waals surface area contributed by atoms with E-state index in [2.05, 4.69) is 84.2 Å². The first-order valence-corrected chi connectivity index (χ1v) is 9.59. The van der Waals surface area contributed by atoms with Crippen LogP contribution in [0.25, 0.3) is 10.9 Å². The maximum atomic E-state index is 3.61. The van der Waals surface area contributed by atoms with Crippen molar-refractivity contribution in [3.05, 3.63) is 34.4 Å². The molecule has 0 radical (unpaired) electrons. The van der Waals surface area contributed by atoms with Gasteiger partial charge in [-0.3, -0.25) is 4.72 Å². The highest BCUT2D eigenvalue weighted by Crippen LogP contribution is 2.30. The second-order valence-electron chi connectivity index (χ2n) is 7.31. The molecule has 4 heteroatoms. The van der Waals surface area contributed by atoms with Crippen LogP contribution in [0.4, 0.5) is 0 Å². The van der Waals surface area contributed by atoms with Gasteiger partial charge in [0.05, 0.1) is 0 Å². The standard InChI is InChI=1S/C18H27BrN2S/c1-13(2)22-20-8-9-21-12-14(11-18(3,4)5)16-10-15(19)6-7-17(16)21/h6-7,10,12-13,20H,8-9,11H2,1-5H3. The summed E-state index contributed by atoms with van der Waals surface area (Å²) in [6.07, 6.45) is 3.44. The summed E-state index contributed by atoms with van der Waals surface area (Å²) in [6.45, 7) is 13.3. The summed E-state index contributed by atoms with van der Waals surface area (Å²) in [7, 11) is 0. The smallest absolute Gasteiger partial charge is 0.0484 e. The summed E-state index contributed by atoms with van der Waals surface area (Å²) < 4.78 is 6.99. The zero-order valence-corrected chi connectivity index (χ0v) is 16.6. The number of nitrogens with zero attached hydrogens (tertiary/aromatic N) is 1. The fraction of sp³-hybridized carbons (Fsp3) is 0.556. The van der Waals surface area contributed by atoms with Crippen LogP contribution in [-0.2, 0) is 13.0 Å². The van der Waals surface area contributed by atoms with Crippen molar-refractivity contribution >= 4 is 38.8 Å². The first-order valence-electron chi connectivity index (χ1n) is 7.92. The van der Waals surface area contributed by atoms with Crippen molar-refractivity contribution in [2.45, 2.75) is 52.8 Å². The van der Waals surface area contributed by atoms with Gasteiger partial charge in [-0.2, -0.15) is 0 Å². The maximum absolute atomic E-state index is 3.61. The molecular weight excluding hydrogens is 356 g/mol. The van der Waals surface area contributed by atoms with Crippen LogP contribution in [0.15, 0.2) is 28.9 Å². The predicted octanol–water partition coefficient (Wildman–Crippen LogP) is 5.64. The number of halogens is 1. The van der Waals surface area contributed by atoms with E-state index in [-0.39, 0.29) is 0 Å². The monoisotopic (exact) mass is 382 g/mol. The molecule has 1 N–H and O–H groups in total. The van der Waals surface area contributed by atoms with E-state index in [1.54, 1.807) is 11.9 Å². The molecule has 1 heterocycles. The molecule has 0 bridgehead atoms. The van der Waals surface area contributed by atoms with Crippen molar-refractivity contribution in [3.8, 4) is 0 Å². The van der Waals surface area contributed by atoms with Crippen LogP contribution < -0.4 is 4.72 Å². The highest BCUT2D eigenvalue weighted by atomic mass is 79.9. The lowest BCUT2D eigenvalue weighted by molar-refractivity contribution is 0.412. The quantitative estimate of drug-likeness (QED) is 0.514. The lowest BCUT2D eigenvalue weighted by Crippen LogP contribution is -2.15. The van der Waals surface area contributed by atoms with Crippen molar-refractivity contribution in [2.75, 3.05) is 6.54 Å². The van der Waals surface area contributed by atoms with Gasteiger partial charge in [-0.1, -0.05) is 62.5 Å². The molecule has 0 atom stereocenters. The van der Waals surface area contributed by atoms with E-state index < -0.39 is 0 Å². The molecule has 122 valence electrons. The minimum atomic E-state index is 0.299. The molecule has 2 aromatic rings. The molecule has 0 fully saturated rings. The Morgan fingerprint density at radius 1 is 1.27 bits per heavy atom. The summed E-state index contributed by atoms with van der Waals surface area (Å²) in [5.41, 5.74) is 3.08. The molecule has 0 aliphatic carbocycles. The molecule has 1 aromatic heterocycles. The Labute approximate surface area is 147 Å². The topological polar surface area (TPSA) is 17.0 Å². The van der Waals surface area contributed by atoms with Crippen LogP contribution in [0, 0.1) is 5.41 Å². The maximum Gasteiger partial charge on any atom is 0.0484 e. The predicted molar refractivity (Wildman–Crippen MR) is 104 cm³/mol. The van der Waals surface area contributed by atoms with E-state index in [9.17, 15) is 0 Å². The van der Waals surface area contributed by atoms with Crippen molar-refractivity contribution in [1.82, 2.24) is 9.29 Å². The number of hydrogen-bond acceptors (Lipinski definition) is 2. The van der Waals surface area contributed by atoms with Crippen LogP contribution in [0.5, 0.6) is 0 Å². The summed E-state index contributed by atoms with van der Waals surface area (Å²) >= 11 is 5.41. The minimum Gasteiger partial charge on any atom is -0.346 e. The SMILES string of the molecule is CC(C)SNCCn1cc(CC(C)(C)C)c2cc(Br)ccc21. The Morgan fingerprint density at radius 2 is 2.00 bits per heavy atom. The van der Waals surface area contributed by atoms with Gasteiger partial charge >= 0.3 is 0 Å². The van der Waals surface area contributed by atoms with Crippen molar-refractivity contribution in [1.29, 1.82) is 0 Å². The van der Waals surface area contributed by atoms with Crippen molar-refractivity contribution in [2.24, 2.45) is 5.41 Å². The molecule has 0 amide bonds. The molecule has 0 aliphatic heterocycles. The van der Waals surface area contributed by atoms with E-state index in [1.807, 2.05) is 0 Å². The Balaban J connectivity index is 2.22. The Morgan fingerprint density at radius 3 is 2.64 bits per heavy atom. The van der Waals surface area contributed by atoms with Crippen LogP contribution >= 0.6 is 27.9 Å². The highest BCUT2D eigenvalue weighted by Gasteiger charge is 2.16. The van der Waals surface area contributed by atoms with Crippen LogP contribution in [0.1, 0.15) is 40.2 Å². The minimum absolute atomic E-state index is 0.299. The average molecular weight is 383 g/mol. The van der Waals surface area contributed by atoms with E-state index in [0.29, 0.717) is 10.7 Å². The van der Waals surface area contributed by atoms with Crippen LogP contribution in [0.2, 0.25) is 0 Å². The molecule has 0 spiro atoms. The fourth-order valence-corrected chi connectivity index (χ4v) is 3.54. The third-order valence-corrected chi connectivity index (χ3v) is 4.76. The largest absolute Gasteiger partial charge is 0.346 e. The summed E-state index contributed by atoms with van der Waals surface area (Å²) in [4.78, 5) is 0. The Kier molecular flexibility index (Phi) is 6.03. The lowest BCUT2D eigenvalue weighted by atomic mass is 9.88. The molecule has 2 rings (SSSR count).